The van der Waals surface area contributed by atoms with Crippen molar-refractivity contribution in [2.24, 2.45) is 0 Å². The van der Waals surface area contributed by atoms with Gasteiger partial charge in [0.1, 0.15) is 4.90 Å². The Kier molecular flexibility index (Phi) is 4.28. The van der Waals surface area contributed by atoms with Crippen molar-refractivity contribution >= 4 is 15.7 Å². The smallest absolute Gasteiger partial charge is 0.242 e. The summed E-state index contributed by atoms with van der Waals surface area (Å²) in [6.07, 6.45) is 0. The molecule has 2 N–H and O–H groups in total. The monoisotopic (exact) mass is 244 g/mol. The van der Waals surface area contributed by atoms with E-state index >= 15 is 0 Å². The summed E-state index contributed by atoms with van der Waals surface area (Å²) < 4.78 is 25.7. The van der Waals surface area contributed by atoms with Gasteiger partial charge in [0.2, 0.25) is 10.0 Å². The van der Waals surface area contributed by atoms with Crippen LogP contribution in [0.1, 0.15) is 0 Å². The van der Waals surface area contributed by atoms with Gasteiger partial charge in [-0.25, -0.2) is 13.1 Å². The minimum Gasteiger partial charge on any atom is -0.395 e. The van der Waals surface area contributed by atoms with Crippen molar-refractivity contribution in [3.8, 4) is 0 Å². The van der Waals surface area contributed by atoms with Crippen LogP contribution in [0.2, 0.25) is 0 Å². The maximum Gasteiger partial charge on any atom is 0.242 e. The molecule has 0 atom stereocenters. The Bertz CT molecular complexity index is 445. The molecule has 0 radical (unpaired) electrons. The Morgan fingerprint density at radius 3 is 2.56 bits per heavy atom. The van der Waals surface area contributed by atoms with Crippen LogP contribution >= 0.6 is 0 Å². The van der Waals surface area contributed by atoms with E-state index in [9.17, 15) is 8.42 Å². The summed E-state index contributed by atoms with van der Waals surface area (Å²) in [6, 6.07) is 6.67. The molecule has 0 heterocycles. The average Bonchev–Trinajstić information content (AvgIpc) is 2.29. The number of aliphatic hydroxyl groups is 1. The van der Waals surface area contributed by atoms with Gasteiger partial charge in [0, 0.05) is 13.6 Å². The highest BCUT2D eigenvalue weighted by atomic mass is 32.2. The lowest BCUT2D eigenvalue weighted by Crippen LogP contribution is -2.26. The third-order valence-corrected chi connectivity index (χ3v) is 3.73. The highest BCUT2D eigenvalue weighted by Crippen LogP contribution is 2.23. The number of para-hydroxylation sites is 1. The van der Waals surface area contributed by atoms with Gasteiger partial charge in [-0.2, -0.15) is 0 Å². The molecular formula is C10H16N2O3S. The number of rotatable bonds is 5. The number of aliphatic hydroxyl groups excluding tert-OH is 1. The van der Waals surface area contributed by atoms with E-state index in [1.54, 1.807) is 30.1 Å². The Balaban J connectivity index is 3.20. The number of anilines is 1. The van der Waals surface area contributed by atoms with E-state index in [4.69, 9.17) is 5.11 Å². The molecule has 1 aromatic carbocycles. The van der Waals surface area contributed by atoms with Gasteiger partial charge < -0.3 is 10.0 Å². The Morgan fingerprint density at radius 1 is 1.38 bits per heavy atom. The van der Waals surface area contributed by atoms with Gasteiger partial charge in [0.15, 0.2) is 0 Å². The van der Waals surface area contributed by atoms with Crippen LogP contribution in [0.15, 0.2) is 29.2 Å². The van der Waals surface area contributed by atoms with Crippen LogP contribution in [-0.4, -0.2) is 40.8 Å². The van der Waals surface area contributed by atoms with E-state index in [0.717, 1.165) is 0 Å². The predicted octanol–water partition coefficient (Wildman–Crippen LogP) is 0.0232. The molecule has 0 bridgehead atoms. The molecule has 6 heteroatoms. The zero-order valence-electron chi connectivity index (χ0n) is 9.34. The topological polar surface area (TPSA) is 69.6 Å². The van der Waals surface area contributed by atoms with Crippen molar-refractivity contribution in [3.05, 3.63) is 24.3 Å². The first-order chi connectivity index (χ1) is 7.53. The van der Waals surface area contributed by atoms with Crippen LogP contribution in [0, 0.1) is 0 Å². The van der Waals surface area contributed by atoms with Crippen molar-refractivity contribution in [1.29, 1.82) is 0 Å². The molecule has 0 aliphatic heterocycles. The molecule has 1 rings (SSSR count). The van der Waals surface area contributed by atoms with Crippen molar-refractivity contribution in [1.82, 2.24) is 4.72 Å². The summed E-state index contributed by atoms with van der Waals surface area (Å²) in [4.78, 5) is 1.91. The molecule has 0 saturated heterocycles. The largest absolute Gasteiger partial charge is 0.395 e. The summed E-state index contributed by atoms with van der Waals surface area (Å²) in [7, 11) is -0.356. The van der Waals surface area contributed by atoms with Crippen LogP contribution < -0.4 is 9.62 Å². The fraction of sp³-hybridized carbons (Fsp3) is 0.400. The molecule has 0 aliphatic carbocycles. The van der Waals surface area contributed by atoms with Crippen LogP contribution in [0.5, 0.6) is 0 Å². The number of hydrogen-bond donors (Lipinski definition) is 2. The Morgan fingerprint density at radius 2 is 2.00 bits per heavy atom. The second-order valence-corrected chi connectivity index (χ2v) is 5.18. The number of sulfonamides is 1. The maximum atomic E-state index is 11.7. The molecule has 0 fully saturated rings. The summed E-state index contributed by atoms with van der Waals surface area (Å²) >= 11 is 0. The normalized spacial score (nSPS) is 11.4. The van der Waals surface area contributed by atoms with Crippen molar-refractivity contribution in [2.45, 2.75) is 4.90 Å². The minimum atomic E-state index is -3.47. The molecule has 16 heavy (non-hydrogen) atoms. The Hall–Kier alpha value is -1.11. The second kappa shape index (κ2) is 5.29. The van der Waals surface area contributed by atoms with E-state index in [1.807, 2.05) is 0 Å². The standard InChI is InChI=1S/C10H16N2O3S/c1-11-16(14,15)10-6-4-3-5-9(10)12(2)7-8-13/h3-6,11,13H,7-8H2,1-2H3. The number of nitrogens with zero attached hydrogens (tertiary/aromatic N) is 1. The first-order valence-electron chi connectivity index (χ1n) is 4.87. The molecular weight excluding hydrogens is 228 g/mol. The molecule has 0 aromatic heterocycles. The third kappa shape index (κ3) is 2.72. The van der Waals surface area contributed by atoms with Gasteiger partial charge in [0.05, 0.1) is 12.3 Å². The number of benzene rings is 1. The summed E-state index contributed by atoms with van der Waals surface area (Å²) in [6.45, 7) is 0.362. The Labute approximate surface area is 95.8 Å². The number of hydrogen-bond acceptors (Lipinski definition) is 4. The van der Waals surface area contributed by atoms with Gasteiger partial charge in [-0.05, 0) is 19.2 Å². The van der Waals surface area contributed by atoms with Crippen LogP contribution in [0.25, 0.3) is 0 Å². The highest BCUT2D eigenvalue weighted by molar-refractivity contribution is 7.89. The van der Waals surface area contributed by atoms with E-state index in [0.29, 0.717) is 12.2 Å². The van der Waals surface area contributed by atoms with Gasteiger partial charge >= 0.3 is 0 Å². The van der Waals surface area contributed by atoms with Gasteiger partial charge in [-0.1, -0.05) is 12.1 Å². The molecule has 0 amide bonds. The van der Waals surface area contributed by atoms with Crippen LogP contribution in [0.3, 0.4) is 0 Å². The molecule has 0 unspecified atom stereocenters. The summed E-state index contributed by atoms with van der Waals surface area (Å²) in [5.41, 5.74) is 0.575. The van der Waals surface area contributed by atoms with Crippen molar-refractivity contribution in [3.63, 3.8) is 0 Å². The molecule has 0 saturated carbocycles. The third-order valence-electron chi connectivity index (χ3n) is 2.27. The van der Waals surface area contributed by atoms with E-state index < -0.39 is 10.0 Å². The van der Waals surface area contributed by atoms with Crippen molar-refractivity contribution < 1.29 is 13.5 Å². The lowest BCUT2D eigenvalue weighted by atomic mass is 10.3. The zero-order valence-corrected chi connectivity index (χ0v) is 10.2. The molecule has 0 spiro atoms. The van der Waals surface area contributed by atoms with Crippen LogP contribution in [0.4, 0.5) is 5.69 Å². The lowest BCUT2D eigenvalue weighted by molar-refractivity contribution is 0.304. The summed E-state index contributed by atoms with van der Waals surface area (Å²) in [5.74, 6) is 0. The predicted molar refractivity (Wildman–Crippen MR) is 63.0 cm³/mol. The van der Waals surface area contributed by atoms with Gasteiger partial charge in [0.25, 0.3) is 0 Å². The molecule has 1 aromatic rings. The molecule has 5 nitrogen and oxygen atoms in total. The van der Waals surface area contributed by atoms with Crippen LogP contribution in [-0.2, 0) is 10.0 Å². The number of nitrogens with one attached hydrogen (secondary N) is 1. The zero-order chi connectivity index (χ0) is 12.2. The SMILES string of the molecule is CNS(=O)(=O)c1ccccc1N(C)CCO. The fourth-order valence-electron chi connectivity index (χ4n) is 1.38. The first kappa shape index (κ1) is 13.0. The lowest BCUT2D eigenvalue weighted by Gasteiger charge is -2.20. The molecule has 0 aliphatic rings. The average molecular weight is 244 g/mol. The van der Waals surface area contributed by atoms with Gasteiger partial charge in [-0.3, -0.25) is 0 Å². The van der Waals surface area contributed by atoms with E-state index in [2.05, 4.69) is 4.72 Å². The second-order valence-electron chi connectivity index (χ2n) is 3.32. The maximum absolute atomic E-state index is 11.7. The summed E-state index contributed by atoms with van der Waals surface area (Å²) in [5, 5.41) is 8.84. The molecule has 90 valence electrons. The number of likely N-dealkylation sites (N-methyl/N-ethyl adjacent to an activating group) is 1. The first-order valence-corrected chi connectivity index (χ1v) is 6.36. The van der Waals surface area contributed by atoms with Gasteiger partial charge in [-0.15, -0.1) is 0 Å². The van der Waals surface area contributed by atoms with E-state index in [1.165, 1.54) is 13.1 Å². The highest BCUT2D eigenvalue weighted by Gasteiger charge is 2.17. The van der Waals surface area contributed by atoms with E-state index in [-0.39, 0.29) is 11.5 Å². The fourth-order valence-corrected chi connectivity index (χ4v) is 2.36. The quantitative estimate of drug-likeness (QED) is 0.766. The van der Waals surface area contributed by atoms with Crippen molar-refractivity contribution in [2.75, 3.05) is 32.1 Å². The minimum absolute atomic E-state index is 0.0234.